The maximum Gasteiger partial charge on any atom is 0.151 e. The average molecular weight is 460 g/mol. The van der Waals surface area contributed by atoms with Gasteiger partial charge in [-0.3, -0.25) is 9.80 Å². The van der Waals surface area contributed by atoms with Crippen LogP contribution < -0.4 is 0 Å². The minimum Gasteiger partial charge on any atom is -0.359 e. The average Bonchev–Trinajstić information content (AvgIpc) is 3.31. The molecule has 1 aliphatic heterocycles. The molecule has 0 N–H and O–H groups in total. The van der Waals surface area contributed by atoms with Crippen LogP contribution in [0, 0.1) is 6.92 Å². The molecule has 1 fully saturated rings. The van der Waals surface area contributed by atoms with Gasteiger partial charge in [-0.05, 0) is 18.1 Å². The minimum atomic E-state index is 0. The van der Waals surface area contributed by atoms with Crippen LogP contribution >= 0.6 is 12.4 Å². The summed E-state index contributed by atoms with van der Waals surface area (Å²) in [5.74, 6) is 0.927. The Bertz CT molecular complexity index is 1080. The SMILES string of the molecule is Cc1ccc(-c2cc(CN3CCN(C(c4ccccc4)c4ccccc4)CC3)on2)cc1.Cl. The molecule has 33 heavy (non-hydrogen) atoms. The van der Waals surface area contributed by atoms with Gasteiger partial charge in [-0.2, -0.15) is 0 Å². The Balaban J connectivity index is 0.00000259. The number of benzene rings is 3. The molecule has 4 nitrogen and oxygen atoms in total. The predicted molar refractivity (Wildman–Crippen MR) is 136 cm³/mol. The van der Waals surface area contributed by atoms with Crippen molar-refractivity contribution in [3.05, 3.63) is 113 Å². The van der Waals surface area contributed by atoms with Crippen LogP contribution in [-0.2, 0) is 6.54 Å². The van der Waals surface area contributed by atoms with Crippen molar-refractivity contribution in [2.24, 2.45) is 0 Å². The summed E-state index contributed by atoms with van der Waals surface area (Å²) in [5, 5.41) is 4.29. The van der Waals surface area contributed by atoms with Crippen LogP contribution in [0.3, 0.4) is 0 Å². The first-order chi connectivity index (χ1) is 15.8. The highest BCUT2D eigenvalue weighted by atomic mass is 35.5. The number of piperazine rings is 1. The molecule has 0 spiro atoms. The van der Waals surface area contributed by atoms with Crippen molar-refractivity contribution in [1.82, 2.24) is 15.0 Å². The van der Waals surface area contributed by atoms with Crippen LogP contribution in [0.15, 0.2) is 95.5 Å². The number of hydrogen-bond donors (Lipinski definition) is 0. The Morgan fingerprint density at radius 2 is 1.36 bits per heavy atom. The highest BCUT2D eigenvalue weighted by Gasteiger charge is 2.26. The fourth-order valence-corrected chi connectivity index (χ4v) is 4.53. The van der Waals surface area contributed by atoms with E-state index in [1.54, 1.807) is 0 Å². The zero-order valence-electron chi connectivity index (χ0n) is 18.9. The van der Waals surface area contributed by atoms with Gasteiger partial charge >= 0.3 is 0 Å². The maximum absolute atomic E-state index is 5.66. The molecular formula is C28H30ClN3O. The van der Waals surface area contributed by atoms with E-state index in [2.05, 4.69) is 113 Å². The number of hydrogen-bond acceptors (Lipinski definition) is 4. The van der Waals surface area contributed by atoms with Crippen LogP contribution in [0.25, 0.3) is 11.3 Å². The molecule has 0 bridgehead atoms. The Hall–Kier alpha value is -2.92. The van der Waals surface area contributed by atoms with Gasteiger partial charge in [0.05, 0.1) is 12.6 Å². The summed E-state index contributed by atoms with van der Waals surface area (Å²) in [6.07, 6.45) is 0. The zero-order chi connectivity index (χ0) is 21.8. The summed E-state index contributed by atoms with van der Waals surface area (Å²) in [7, 11) is 0. The summed E-state index contributed by atoms with van der Waals surface area (Å²) < 4.78 is 5.66. The van der Waals surface area contributed by atoms with Gasteiger partial charge in [0.1, 0.15) is 5.69 Å². The van der Waals surface area contributed by atoms with Crippen molar-refractivity contribution >= 4 is 12.4 Å². The molecule has 5 heteroatoms. The smallest absolute Gasteiger partial charge is 0.151 e. The van der Waals surface area contributed by atoms with Crippen molar-refractivity contribution < 1.29 is 4.52 Å². The van der Waals surface area contributed by atoms with Gasteiger partial charge in [0, 0.05) is 37.8 Å². The van der Waals surface area contributed by atoms with E-state index in [4.69, 9.17) is 4.52 Å². The fourth-order valence-electron chi connectivity index (χ4n) is 4.53. The Labute approximate surface area is 202 Å². The maximum atomic E-state index is 5.66. The second-order valence-corrected chi connectivity index (χ2v) is 8.58. The first kappa shape index (κ1) is 23.2. The summed E-state index contributed by atoms with van der Waals surface area (Å²) in [6.45, 7) is 6.96. The number of halogens is 1. The first-order valence-electron chi connectivity index (χ1n) is 11.4. The molecule has 1 aromatic heterocycles. The number of rotatable bonds is 6. The van der Waals surface area contributed by atoms with Gasteiger partial charge in [0.15, 0.2) is 5.76 Å². The lowest BCUT2D eigenvalue weighted by Gasteiger charge is -2.39. The van der Waals surface area contributed by atoms with E-state index in [1.165, 1.54) is 16.7 Å². The molecule has 0 aliphatic carbocycles. The molecule has 170 valence electrons. The van der Waals surface area contributed by atoms with E-state index in [9.17, 15) is 0 Å². The lowest BCUT2D eigenvalue weighted by Crippen LogP contribution is -2.47. The van der Waals surface area contributed by atoms with Gasteiger partial charge in [-0.25, -0.2) is 0 Å². The molecule has 3 aromatic carbocycles. The second-order valence-electron chi connectivity index (χ2n) is 8.58. The molecule has 0 atom stereocenters. The van der Waals surface area contributed by atoms with Crippen molar-refractivity contribution in [3.63, 3.8) is 0 Å². The Morgan fingerprint density at radius 3 is 1.94 bits per heavy atom. The molecule has 0 unspecified atom stereocenters. The molecule has 0 radical (unpaired) electrons. The highest BCUT2D eigenvalue weighted by molar-refractivity contribution is 5.85. The molecule has 5 rings (SSSR count). The van der Waals surface area contributed by atoms with E-state index >= 15 is 0 Å². The molecule has 0 amide bonds. The highest BCUT2D eigenvalue weighted by Crippen LogP contribution is 2.30. The van der Waals surface area contributed by atoms with E-state index in [1.807, 2.05) is 0 Å². The Morgan fingerprint density at radius 1 is 0.788 bits per heavy atom. The normalized spacial score (nSPS) is 14.8. The summed E-state index contributed by atoms with van der Waals surface area (Å²) >= 11 is 0. The third-order valence-corrected chi connectivity index (χ3v) is 6.29. The first-order valence-corrected chi connectivity index (χ1v) is 11.4. The molecule has 0 saturated carbocycles. The number of aromatic nitrogens is 1. The lowest BCUT2D eigenvalue weighted by atomic mass is 9.96. The van der Waals surface area contributed by atoms with Crippen molar-refractivity contribution in [2.45, 2.75) is 19.5 Å². The third-order valence-electron chi connectivity index (χ3n) is 6.29. The summed E-state index contributed by atoms with van der Waals surface area (Å²) in [4.78, 5) is 5.06. The van der Waals surface area contributed by atoms with Crippen LogP contribution in [0.2, 0.25) is 0 Å². The topological polar surface area (TPSA) is 32.5 Å². The molecule has 4 aromatic rings. The van der Waals surface area contributed by atoms with Crippen LogP contribution in [0.5, 0.6) is 0 Å². The van der Waals surface area contributed by atoms with Crippen LogP contribution in [0.4, 0.5) is 0 Å². The standard InChI is InChI=1S/C28H29N3O.ClH/c1-22-12-14-23(15-13-22)27-20-26(32-29-27)21-30-16-18-31(19-17-30)28(24-8-4-2-5-9-24)25-10-6-3-7-11-25;/h2-15,20,28H,16-19,21H2,1H3;1H. The zero-order valence-corrected chi connectivity index (χ0v) is 19.7. The van der Waals surface area contributed by atoms with Crippen LogP contribution in [0.1, 0.15) is 28.5 Å². The molecular weight excluding hydrogens is 430 g/mol. The quantitative estimate of drug-likeness (QED) is 0.355. The van der Waals surface area contributed by atoms with Gasteiger partial charge in [-0.15, -0.1) is 12.4 Å². The van der Waals surface area contributed by atoms with E-state index in [0.717, 1.165) is 49.7 Å². The third kappa shape index (κ3) is 5.53. The van der Waals surface area contributed by atoms with E-state index < -0.39 is 0 Å². The molecule has 1 saturated heterocycles. The van der Waals surface area contributed by atoms with Gasteiger partial charge in [0.2, 0.25) is 0 Å². The fraction of sp³-hybridized carbons (Fsp3) is 0.250. The van der Waals surface area contributed by atoms with Crippen molar-refractivity contribution in [1.29, 1.82) is 0 Å². The van der Waals surface area contributed by atoms with Gasteiger partial charge in [-0.1, -0.05) is 95.6 Å². The van der Waals surface area contributed by atoms with Crippen molar-refractivity contribution in [2.75, 3.05) is 26.2 Å². The monoisotopic (exact) mass is 459 g/mol. The van der Waals surface area contributed by atoms with E-state index in [0.29, 0.717) is 0 Å². The van der Waals surface area contributed by atoms with Gasteiger partial charge in [0.25, 0.3) is 0 Å². The van der Waals surface area contributed by atoms with E-state index in [-0.39, 0.29) is 18.4 Å². The largest absolute Gasteiger partial charge is 0.359 e. The van der Waals surface area contributed by atoms with Gasteiger partial charge < -0.3 is 4.52 Å². The molecule has 1 aliphatic rings. The lowest BCUT2D eigenvalue weighted by molar-refractivity contribution is 0.0980. The predicted octanol–water partition coefficient (Wildman–Crippen LogP) is 5.98. The summed E-state index contributed by atoms with van der Waals surface area (Å²) in [5.41, 5.74) is 5.96. The van der Waals surface area contributed by atoms with Crippen LogP contribution in [-0.4, -0.2) is 41.1 Å². The van der Waals surface area contributed by atoms with Crippen molar-refractivity contribution in [3.8, 4) is 11.3 Å². The number of nitrogens with zero attached hydrogens (tertiary/aromatic N) is 3. The minimum absolute atomic E-state index is 0. The Kier molecular flexibility index (Phi) is 7.61. The number of aryl methyl sites for hydroxylation is 1. The summed E-state index contributed by atoms with van der Waals surface area (Å²) in [6, 6.07) is 32.5. The molecule has 2 heterocycles. The second kappa shape index (κ2) is 10.8.